The molecule has 1 amide bonds. The molecule has 0 fully saturated rings. The molecular formula is C17H19NO4. The zero-order valence-electron chi connectivity index (χ0n) is 12.6. The SMILES string of the molecule is CC[C@H](C)NC(=O)COc1cc2ccccc2cc1C(=O)O. The molecule has 0 saturated heterocycles. The van der Waals surface area contributed by atoms with E-state index in [-0.39, 0.29) is 29.9 Å². The number of carbonyl (C=O) groups excluding carboxylic acids is 1. The van der Waals surface area contributed by atoms with Crippen LogP contribution in [0, 0.1) is 0 Å². The van der Waals surface area contributed by atoms with E-state index in [1.165, 1.54) is 0 Å². The summed E-state index contributed by atoms with van der Waals surface area (Å²) in [6, 6.07) is 10.7. The third-order valence-electron chi connectivity index (χ3n) is 3.46. The van der Waals surface area contributed by atoms with Crippen molar-refractivity contribution >= 4 is 22.6 Å². The first-order chi connectivity index (χ1) is 10.5. The summed E-state index contributed by atoms with van der Waals surface area (Å²) in [5.74, 6) is -1.15. The highest BCUT2D eigenvalue weighted by atomic mass is 16.5. The quantitative estimate of drug-likeness (QED) is 0.860. The molecule has 0 aliphatic heterocycles. The minimum absolute atomic E-state index is 0.0510. The molecule has 116 valence electrons. The standard InChI is InChI=1S/C17H19NO4/c1-3-11(2)18-16(19)10-22-15-9-13-7-5-4-6-12(13)8-14(15)17(20)21/h4-9,11H,3,10H2,1-2H3,(H,18,19)(H,20,21)/t11-/m0/s1. The van der Waals surface area contributed by atoms with E-state index in [2.05, 4.69) is 5.32 Å². The minimum atomic E-state index is -1.08. The summed E-state index contributed by atoms with van der Waals surface area (Å²) < 4.78 is 5.42. The van der Waals surface area contributed by atoms with Crippen LogP contribution in [0.15, 0.2) is 36.4 Å². The van der Waals surface area contributed by atoms with Crippen LogP contribution in [0.25, 0.3) is 10.8 Å². The van der Waals surface area contributed by atoms with E-state index < -0.39 is 5.97 Å². The largest absolute Gasteiger partial charge is 0.483 e. The van der Waals surface area contributed by atoms with Crippen molar-refractivity contribution < 1.29 is 19.4 Å². The van der Waals surface area contributed by atoms with Crippen LogP contribution >= 0.6 is 0 Å². The van der Waals surface area contributed by atoms with Crippen LogP contribution in [-0.2, 0) is 4.79 Å². The summed E-state index contributed by atoms with van der Waals surface area (Å²) in [7, 11) is 0. The second-order valence-electron chi connectivity index (χ2n) is 5.17. The summed E-state index contributed by atoms with van der Waals surface area (Å²) in [4.78, 5) is 23.1. The highest BCUT2D eigenvalue weighted by Gasteiger charge is 2.14. The number of hydrogen-bond donors (Lipinski definition) is 2. The van der Waals surface area contributed by atoms with Gasteiger partial charge in [-0.1, -0.05) is 31.2 Å². The van der Waals surface area contributed by atoms with E-state index in [0.29, 0.717) is 0 Å². The molecule has 2 aromatic carbocycles. The van der Waals surface area contributed by atoms with Crippen LogP contribution in [0.1, 0.15) is 30.6 Å². The van der Waals surface area contributed by atoms with Crippen molar-refractivity contribution in [1.82, 2.24) is 5.32 Å². The normalized spacial score (nSPS) is 11.9. The first-order valence-corrected chi connectivity index (χ1v) is 7.19. The lowest BCUT2D eigenvalue weighted by atomic mass is 10.1. The van der Waals surface area contributed by atoms with E-state index in [1.54, 1.807) is 12.1 Å². The van der Waals surface area contributed by atoms with Crippen LogP contribution in [0.3, 0.4) is 0 Å². The number of nitrogens with one attached hydrogen (secondary N) is 1. The topological polar surface area (TPSA) is 75.6 Å². The maximum absolute atomic E-state index is 11.7. The molecule has 0 heterocycles. The van der Waals surface area contributed by atoms with E-state index >= 15 is 0 Å². The lowest BCUT2D eigenvalue weighted by Gasteiger charge is -2.13. The molecule has 0 bridgehead atoms. The summed E-state index contributed by atoms with van der Waals surface area (Å²) in [6.45, 7) is 3.66. The fourth-order valence-electron chi connectivity index (χ4n) is 2.07. The first-order valence-electron chi connectivity index (χ1n) is 7.19. The van der Waals surface area contributed by atoms with Crippen LogP contribution in [0.5, 0.6) is 5.75 Å². The summed E-state index contributed by atoms with van der Waals surface area (Å²) >= 11 is 0. The van der Waals surface area contributed by atoms with Crippen LogP contribution in [0.4, 0.5) is 0 Å². The smallest absolute Gasteiger partial charge is 0.339 e. The van der Waals surface area contributed by atoms with Gasteiger partial charge in [-0.2, -0.15) is 0 Å². The van der Waals surface area contributed by atoms with Gasteiger partial charge in [0, 0.05) is 6.04 Å². The average molecular weight is 301 g/mol. The molecule has 2 rings (SSSR count). The Labute approximate surface area is 128 Å². The molecule has 0 aliphatic rings. The molecule has 22 heavy (non-hydrogen) atoms. The molecule has 2 aromatic rings. The number of rotatable bonds is 6. The lowest BCUT2D eigenvalue weighted by molar-refractivity contribution is -0.123. The van der Waals surface area contributed by atoms with Crippen molar-refractivity contribution in [1.29, 1.82) is 0 Å². The molecule has 2 N–H and O–H groups in total. The second kappa shape index (κ2) is 6.93. The summed E-state index contributed by atoms with van der Waals surface area (Å²) in [5.41, 5.74) is 0.0510. The molecule has 5 heteroatoms. The summed E-state index contributed by atoms with van der Waals surface area (Å²) in [5, 5.41) is 13.7. The van der Waals surface area contributed by atoms with Gasteiger partial charge in [-0.15, -0.1) is 0 Å². The van der Waals surface area contributed by atoms with Crippen LogP contribution in [-0.4, -0.2) is 29.6 Å². The number of carbonyl (C=O) groups is 2. The van der Waals surface area contributed by atoms with Gasteiger partial charge in [0.05, 0.1) is 0 Å². The van der Waals surface area contributed by atoms with Gasteiger partial charge in [-0.05, 0) is 36.2 Å². The van der Waals surface area contributed by atoms with Crippen molar-refractivity contribution in [2.45, 2.75) is 26.3 Å². The van der Waals surface area contributed by atoms with Crippen LogP contribution in [0.2, 0.25) is 0 Å². The molecule has 0 radical (unpaired) electrons. The second-order valence-corrected chi connectivity index (χ2v) is 5.17. The molecular weight excluding hydrogens is 282 g/mol. The number of hydrogen-bond acceptors (Lipinski definition) is 3. The minimum Gasteiger partial charge on any atom is -0.483 e. The maximum Gasteiger partial charge on any atom is 0.339 e. The number of aromatic carboxylic acids is 1. The molecule has 5 nitrogen and oxygen atoms in total. The van der Waals surface area contributed by atoms with E-state index in [0.717, 1.165) is 17.2 Å². The third-order valence-corrected chi connectivity index (χ3v) is 3.46. The predicted octanol–water partition coefficient (Wildman–Crippen LogP) is 2.83. The van der Waals surface area contributed by atoms with Gasteiger partial charge in [-0.3, -0.25) is 4.79 Å². The lowest BCUT2D eigenvalue weighted by Crippen LogP contribution is -2.35. The zero-order valence-corrected chi connectivity index (χ0v) is 12.6. The number of benzene rings is 2. The highest BCUT2D eigenvalue weighted by Crippen LogP contribution is 2.26. The Hall–Kier alpha value is -2.56. The maximum atomic E-state index is 11.7. The number of fused-ring (bicyclic) bond motifs is 1. The average Bonchev–Trinajstić information content (AvgIpc) is 2.51. The summed E-state index contributed by atoms with van der Waals surface area (Å²) in [6.07, 6.45) is 0.822. The molecule has 0 aromatic heterocycles. The first kappa shape index (κ1) is 15.8. The van der Waals surface area contributed by atoms with Crippen molar-refractivity contribution in [3.8, 4) is 5.75 Å². The van der Waals surface area contributed by atoms with E-state index in [9.17, 15) is 14.7 Å². The van der Waals surface area contributed by atoms with Gasteiger partial charge >= 0.3 is 5.97 Å². The van der Waals surface area contributed by atoms with Gasteiger partial charge < -0.3 is 15.2 Å². The molecule has 1 atom stereocenters. The van der Waals surface area contributed by atoms with E-state index in [4.69, 9.17) is 4.74 Å². The molecule has 0 aliphatic carbocycles. The van der Waals surface area contributed by atoms with Crippen LogP contribution < -0.4 is 10.1 Å². The number of carboxylic acids is 1. The molecule has 0 unspecified atom stereocenters. The third kappa shape index (κ3) is 3.75. The predicted molar refractivity (Wildman–Crippen MR) is 84.3 cm³/mol. The Bertz CT molecular complexity index is 696. The van der Waals surface area contributed by atoms with Crippen molar-refractivity contribution in [2.24, 2.45) is 0 Å². The van der Waals surface area contributed by atoms with Gasteiger partial charge in [0.2, 0.25) is 0 Å². The zero-order chi connectivity index (χ0) is 16.1. The van der Waals surface area contributed by atoms with Crippen molar-refractivity contribution in [3.05, 3.63) is 42.0 Å². The van der Waals surface area contributed by atoms with Crippen molar-refractivity contribution in [2.75, 3.05) is 6.61 Å². The van der Waals surface area contributed by atoms with Gasteiger partial charge in [-0.25, -0.2) is 4.79 Å². The monoisotopic (exact) mass is 301 g/mol. The molecule has 0 spiro atoms. The highest BCUT2D eigenvalue weighted by molar-refractivity contribution is 5.97. The Balaban J connectivity index is 2.20. The number of ether oxygens (including phenoxy) is 1. The van der Waals surface area contributed by atoms with Gasteiger partial charge in [0.25, 0.3) is 5.91 Å². The fourth-order valence-corrected chi connectivity index (χ4v) is 2.07. The van der Waals surface area contributed by atoms with Crippen molar-refractivity contribution in [3.63, 3.8) is 0 Å². The van der Waals surface area contributed by atoms with Gasteiger partial charge in [0.1, 0.15) is 11.3 Å². The number of amides is 1. The Kier molecular flexibility index (Phi) is 4.99. The Morgan fingerprint density at radius 3 is 2.45 bits per heavy atom. The Morgan fingerprint density at radius 1 is 1.23 bits per heavy atom. The fraction of sp³-hybridized carbons (Fsp3) is 0.294. The van der Waals surface area contributed by atoms with Gasteiger partial charge in [0.15, 0.2) is 6.61 Å². The Morgan fingerprint density at radius 2 is 1.86 bits per heavy atom. The molecule has 0 saturated carbocycles. The number of carboxylic acid groups (broad SMARTS) is 1. The van der Waals surface area contributed by atoms with E-state index in [1.807, 2.05) is 38.1 Å².